The van der Waals surface area contributed by atoms with Gasteiger partial charge in [-0.05, 0) is 31.5 Å². The van der Waals surface area contributed by atoms with Crippen LogP contribution in [0.2, 0.25) is 0 Å². The van der Waals surface area contributed by atoms with Crippen LogP contribution >= 0.6 is 0 Å². The van der Waals surface area contributed by atoms with Gasteiger partial charge < -0.3 is 19.2 Å². The van der Waals surface area contributed by atoms with Crippen LogP contribution < -0.4 is 14.8 Å². The minimum atomic E-state index is 0.0156. The monoisotopic (exact) mass is 359 g/mol. The van der Waals surface area contributed by atoms with E-state index in [1.165, 1.54) is 0 Å². The van der Waals surface area contributed by atoms with Crippen LogP contribution in [0.25, 0.3) is 11.5 Å². The van der Waals surface area contributed by atoms with Crippen molar-refractivity contribution in [1.82, 2.24) is 15.2 Å². The fourth-order valence-electron chi connectivity index (χ4n) is 3.26. The summed E-state index contributed by atoms with van der Waals surface area (Å²) in [7, 11) is 3.24. The summed E-state index contributed by atoms with van der Waals surface area (Å²) in [5, 5.41) is 2.98. The number of hydrogen-bond donors (Lipinski definition) is 1. The summed E-state index contributed by atoms with van der Waals surface area (Å²) in [4.78, 5) is 18.2. The maximum Gasteiger partial charge on any atom is 0.230 e. The van der Waals surface area contributed by atoms with Crippen LogP contribution in [0.4, 0.5) is 0 Å². The van der Waals surface area contributed by atoms with E-state index in [4.69, 9.17) is 13.9 Å². The van der Waals surface area contributed by atoms with Gasteiger partial charge in [-0.2, -0.15) is 0 Å². The lowest BCUT2D eigenvalue weighted by Gasteiger charge is -2.15. The van der Waals surface area contributed by atoms with Crippen LogP contribution in [0, 0.1) is 6.92 Å². The second-order valence-corrected chi connectivity index (χ2v) is 6.51. The van der Waals surface area contributed by atoms with Crippen LogP contribution in [0.15, 0.2) is 22.6 Å². The molecule has 1 aromatic carbocycles. The van der Waals surface area contributed by atoms with Crippen molar-refractivity contribution in [3.63, 3.8) is 0 Å². The lowest BCUT2D eigenvalue weighted by molar-refractivity contribution is -0.119. The van der Waals surface area contributed by atoms with Crippen molar-refractivity contribution in [2.75, 3.05) is 27.3 Å². The van der Waals surface area contributed by atoms with E-state index in [2.05, 4.69) is 15.2 Å². The standard InChI is InChI=1S/C19H25N3O4/c1-12-17(11-22-8-7-14(10-22)20-13(2)23)21-19(26-12)16-9-15(24-3)5-6-18(16)25-4/h5-6,9,14H,7-8,10-11H2,1-4H3,(H,20,23)/t14-/m1/s1. The zero-order valence-electron chi connectivity index (χ0n) is 15.7. The third-order valence-electron chi connectivity index (χ3n) is 4.58. The number of likely N-dealkylation sites (tertiary alicyclic amines) is 1. The van der Waals surface area contributed by atoms with Gasteiger partial charge in [0, 0.05) is 32.6 Å². The molecule has 26 heavy (non-hydrogen) atoms. The molecule has 1 amide bonds. The maximum atomic E-state index is 11.2. The van der Waals surface area contributed by atoms with E-state index in [1.54, 1.807) is 21.1 Å². The van der Waals surface area contributed by atoms with Gasteiger partial charge >= 0.3 is 0 Å². The average Bonchev–Trinajstić information content (AvgIpc) is 3.20. The minimum absolute atomic E-state index is 0.0156. The number of oxazole rings is 1. The van der Waals surface area contributed by atoms with Crippen LogP contribution in [0.1, 0.15) is 24.8 Å². The smallest absolute Gasteiger partial charge is 0.230 e. The summed E-state index contributed by atoms with van der Waals surface area (Å²) in [5.41, 5.74) is 1.66. The summed E-state index contributed by atoms with van der Waals surface area (Å²) in [5.74, 6) is 2.72. The van der Waals surface area contributed by atoms with Crippen molar-refractivity contribution in [3.05, 3.63) is 29.7 Å². The molecule has 7 nitrogen and oxygen atoms in total. The Kier molecular flexibility index (Phi) is 5.46. The summed E-state index contributed by atoms with van der Waals surface area (Å²) in [6.45, 7) is 5.91. The Morgan fingerprint density at radius 3 is 2.88 bits per heavy atom. The molecular formula is C19H25N3O4. The van der Waals surface area contributed by atoms with Gasteiger partial charge in [0.2, 0.25) is 11.8 Å². The van der Waals surface area contributed by atoms with Gasteiger partial charge in [-0.15, -0.1) is 0 Å². The Morgan fingerprint density at radius 1 is 1.38 bits per heavy atom. The molecule has 0 bridgehead atoms. The van der Waals surface area contributed by atoms with Gasteiger partial charge in [0.25, 0.3) is 0 Å². The average molecular weight is 359 g/mol. The number of rotatable bonds is 6. The number of hydrogen-bond acceptors (Lipinski definition) is 6. The zero-order valence-corrected chi connectivity index (χ0v) is 15.7. The van der Waals surface area contributed by atoms with Gasteiger partial charge in [-0.1, -0.05) is 0 Å². The first kappa shape index (κ1) is 18.3. The summed E-state index contributed by atoms with van der Waals surface area (Å²) in [6, 6.07) is 5.74. The lowest BCUT2D eigenvalue weighted by atomic mass is 10.2. The molecule has 1 aromatic heterocycles. The zero-order chi connectivity index (χ0) is 18.7. The highest BCUT2D eigenvalue weighted by Crippen LogP contribution is 2.34. The largest absolute Gasteiger partial charge is 0.497 e. The predicted molar refractivity (Wildman–Crippen MR) is 97.3 cm³/mol. The van der Waals surface area contributed by atoms with Crippen molar-refractivity contribution in [2.24, 2.45) is 0 Å². The van der Waals surface area contributed by atoms with E-state index in [1.807, 2.05) is 25.1 Å². The van der Waals surface area contributed by atoms with Crippen LogP contribution in [0.5, 0.6) is 11.5 Å². The van der Waals surface area contributed by atoms with Crippen LogP contribution in [-0.2, 0) is 11.3 Å². The van der Waals surface area contributed by atoms with Crippen LogP contribution in [0.3, 0.4) is 0 Å². The van der Waals surface area contributed by atoms with Crippen molar-refractivity contribution >= 4 is 5.91 Å². The summed E-state index contributed by atoms with van der Waals surface area (Å²) in [6.07, 6.45) is 0.951. The molecule has 1 saturated heterocycles. The first-order valence-corrected chi connectivity index (χ1v) is 8.68. The van der Waals surface area contributed by atoms with E-state index >= 15 is 0 Å². The first-order chi connectivity index (χ1) is 12.5. The number of aromatic nitrogens is 1. The van der Waals surface area contributed by atoms with Crippen molar-refractivity contribution in [3.8, 4) is 23.0 Å². The predicted octanol–water partition coefficient (Wildman–Crippen LogP) is 2.38. The van der Waals surface area contributed by atoms with E-state index in [-0.39, 0.29) is 11.9 Å². The molecule has 0 saturated carbocycles. The molecule has 2 aromatic rings. The number of amides is 1. The molecule has 0 unspecified atom stereocenters. The molecular weight excluding hydrogens is 334 g/mol. The molecule has 0 aliphatic carbocycles. The Balaban J connectivity index is 1.77. The third-order valence-corrected chi connectivity index (χ3v) is 4.58. The molecule has 2 heterocycles. The summed E-state index contributed by atoms with van der Waals surface area (Å²) >= 11 is 0. The van der Waals surface area contributed by atoms with Crippen molar-refractivity contribution < 1.29 is 18.7 Å². The maximum absolute atomic E-state index is 11.2. The topological polar surface area (TPSA) is 76.8 Å². The highest BCUT2D eigenvalue weighted by molar-refractivity contribution is 5.73. The van der Waals surface area contributed by atoms with Crippen molar-refractivity contribution in [2.45, 2.75) is 32.9 Å². The molecule has 140 valence electrons. The Bertz CT molecular complexity index is 787. The Hall–Kier alpha value is -2.54. The number of carbonyl (C=O) groups excluding carboxylic acids is 1. The quantitative estimate of drug-likeness (QED) is 0.853. The van der Waals surface area contributed by atoms with Gasteiger partial charge in [0.1, 0.15) is 17.3 Å². The number of nitrogens with one attached hydrogen (secondary N) is 1. The molecule has 1 N–H and O–H groups in total. The minimum Gasteiger partial charge on any atom is -0.497 e. The molecule has 1 aliphatic heterocycles. The molecule has 3 rings (SSSR count). The molecule has 0 radical (unpaired) electrons. The Morgan fingerprint density at radius 2 is 2.19 bits per heavy atom. The lowest BCUT2D eigenvalue weighted by Crippen LogP contribution is -2.35. The molecule has 0 spiro atoms. The van der Waals surface area contributed by atoms with E-state index in [0.717, 1.165) is 42.3 Å². The number of carbonyl (C=O) groups is 1. The first-order valence-electron chi connectivity index (χ1n) is 8.68. The number of methoxy groups -OCH3 is 2. The van der Waals surface area contributed by atoms with Crippen LogP contribution in [-0.4, -0.2) is 49.1 Å². The summed E-state index contributed by atoms with van der Waals surface area (Å²) < 4.78 is 16.6. The third kappa shape index (κ3) is 3.99. The number of ether oxygens (including phenoxy) is 2. The normalized spacial score (nSPS) is 17.3. The van der Waals surface area contributed by atoms with Gasteiger partial charge in [0.05, 0.1) is 25.5 Å². The number of benzene rings is 1. The van der Waals surface area contributed by atoms with E-state index in [9.17, 15) is 4.79 Å². The molecule has 1 atom stereocenters. The van der Waals surface area contributed by atoms with Gasteiger partial charge in [-0.3, -0.25) is 9.69 Å². The van der Waals surface area contributed by atoms with E-state index < -0.39 is 0 Å². The van der Waals surface area contributed by atoms with Gasteiger partial charge in [-0.25, -0.2) is 4.98 Å². The molecule has 1 aliphatic rings. The van der Waals surface area contributed by atoms with E-state index in [0.29, 0.717) is 18.2 Å². The fourth-order valence-corrected chi connectivity index (χ4v) is 3.26. The highest BCUT2D eigenvalue weighted by Gasteiger charge is 2.25. The Labute approximate surface area is 153 Å². The second-order valence-electron chi connectivity index (χ2n) is 6.51. The second kappa shape index (κ2) is 7.78. The SMILES string of the molecule is COc1ccc(OC)c(-c2nc(CN3CC[C@@H](NC(C)=O)C3)c(C)o2)c1. The van der Waals surface area contributed by atoms with Gasteiger partial charge in [0.15, 0.2) is 0 Å². The number of nitrogens with zero attached hydrogens (tertiary/aromatic N) is 2. The highest BCUT2D eigenvalue weighted by atomic mass is 16.5. The molecule has 1 fully saturated rings. The van der Waals surface area contributed by atoms with Crippen molar-refractivity contribution in [1.29, 1.82) is 0 Å². The molecule has 7 heteroatoms. The fraction of sp³-hybridized carbons (Fsp3) is 0.474. The number of aryl methyl sites for hydroxylation is 1.